The van der Waals surface area contributed by atoms with Gasteiger partial charge in [0.15, 0.2) is 0 Å². The fourth-order valence-corrected chi connectivity index (χ4v) is 1.62. The van der Waals surface area contributed by atoms with Gasteiger partial charge in [-0.15, -0.1) is 12.3 Å². The smallest absolute Gasteiger partial charge is 0 e. The average molecular weight is 822 g/mol. The van der Waals surface area contributed by atoms with Gasteiger partial charge in [0.1, 0.15) is 0 Å². The zero-order chi connectivity index (χ0) is 28.5. The van der Waals surface area contributed by atoms with Crippen LogP contribution in [0.5, 0.6) is 0 Å². The topological polar surface area (TPSA) is 94.3 Å². The van der Waals surface area contributed by atoms with Gasteiger partial charge in [-0.25, -0.2) is 16.1 Å². The third kappa shape index (κ3) is 30.4. The van der Waals surface area contributed by atoms with E-state index in [-0.39, 0.29) is 13.1 Å². The van der Waals surface area contributed by atoms with Gasteiger partial charge in [-0.05, 0) is 31.9 Å². The van der Waals surface area contributed by atoms with E-state index in [1.807, 2.05) is 64.1 Å². The number of carbonyl (C=O) groups is 2. The zero-order valence-corrected chi connectivity index (χ0v) is 28.1. The predicted octanol–water partition coefficient (Wildman–Crippen LogP) is 5.52. The van der Waals surface area contributed by atoms with Crippen molar-refractivity contribution >= 4 is 48.9 Å². The molecule has 0 aliphatic rings. The van der Waals surface area contributed by atoms with Crippen molar-refractivity contribution in [3.8, 4) is 24.2 Å². The maximum atomic E-state index is 11.4. The molecule has 0 unspecified atom stereocenters. The molecular weight excluding hydrogens is 783 g/mol. The Bertz CT molecular complexity index is 826. The molecule has 0 heterocycles. The Morgan fingerprint density at radius 2 is 1.23 bits per heavy atom. The summed E-state index contributed by atoms with van der Waals surface area (Å²) in [4.78, 5) is 27.2. The monoisotopic (exact) mass is 822 g/mol. The van der Waals surface area contributed by atoms with Crippen molar-refractivity contribution in [2.75, 3.05) is 14.2 Å². The van der Waals surface area contributed by atoms with Crippen molar-refractivity contribution < 1.29 is 29.1 Å². The molecule has 0 fully saturated rings. The van der Waals surface area contributed by atoms with E-state index >= 15 is 0 Å². The molecular formula is C26H39I3N3O3-. The van der Waals surface area contributed by atoms with E-state index in [0.717, 1.165) is 0 Å². The van der Waals surface area contributed by atoms with Crippen LogP contribution in [0.2, 0.25) is 0 Å². The molecule has 0 atom stereocenters. The Balaban J connectivity index is -0.0000000862. The van der Waals surface area contributed by atoms with Gasteiger partial charge in [0.25, 0.3) is 5.91 Å². The van der Waals surface area contributed by atoms with Crippen LogP contribution in [-0.4, -0.2) is 30.9 Å². The Morgan fingerprint density at radius 3 is 1.51 bits per heavy atom. The number of hydrogen-bond acceptors (Lipinski definition) is 5. The molecule has 1 amide bonds. The van der Waals surface area contributed by atoms with Crippen molar-refractivity contribution in [3.05, 3.63) is 71.8 Å². The summed E-state index contributed by atoms with van der Waals surface area (Å²) in [5, 5.41) is 1.19. The van der Waals surface area contributed by atoms with Gasteiger partial charge in [-0.3, -0.25) is 14.4 Å². The van der Waals surface area contributed by atoms with Gasteiger partial charge in [0.2, 0.25) is 5.78 Å². The first-order chi connectivity index (χ1) is 16.9. The number of hydroxylamine groups is 2. The summed E-state index contributed by atoms with van der Waals surface area (Å²) in [6.45, 7) is 11.3. The summed E-state index contributed by atoms with van der Waals surface area (Å²) in [7, 11) is 3.04. The average Bonchev–Trinajstić information content (AvgIpc) is 2.93. The normalized spacial score (nSPS) is 7.11. The van der Waals surface area contributed by atoms with Crippen molar-refractivity contribution in [3.63, 3.8) is 0 Å². The SMILES string of the molecule is C#CC.CC.CC.CC#CC(=O)c1ccccc1.CON(C)C(=O)c1ccccc1.I[I-]I.N=N.[HH]. The number of benzene rings is 2. The van der Waals surface area contributed by atoms with Crippen LogP contribution < -0.4 is 13.3 Å². The van der Waals surface area contributed by atoms with Crippen LogP contribution in [-0.2, 0) is 4.84 Å². The van der Waals surface area contributed by atoms with Crippen LogP contribution in [0.25, 0.3) is 0 Å². The number of carbonyl (C=O) groups excluding carboxylic acids is 2. The first-order valence-electron chi connectivity index (χ1n) is 10.3. The van der Waals surface area contributed by atoms with E-state index < -0.39 is 0 Å². The minimum absolute atomic E-state index is 0. The number of hydrogen-bond donors (Lipinski definition) is 2. The van der Waals surface area contributed by atoms with Gasteiger partial charge < -0.3 is 0 Å². The minimum atomic E-state index is -0.141. The quantitative estimate of drug-likeness (QED) is 0.107. The molecule has 35 heavy (non-hydrogen) atoms. The van der Waals surface area contributed by atoms with Crippen LogP contribution in [0.3, 0.4) is 0 Å². The van der Waals surface area contributed by atoms with Crippen molar-refractivity contribution in [1.29, 1.82) is 11.1 Å². The minimum Gasteiger partial charge on any atom is -0.213 e. The van der Waals surface area contributed by atoms with Gasteiger partial charge in [0.05, 0.1) is 7.11 Å². The van der Waals surface area contributed by atoms with E-state index in [9.17, 15) is 9.59 Å². The maximum absolute atomic E-state index is 11.4. The summed E-state index contributed by atoms with van der Waals surface area (Å²) in [5.74, 6) is 7.03. The standard InChI is InChI=1S/C10H8O.C9H11NO2.C3H4.2C2H6.I3.H2N2.H2/c1-2-6-10(11)9-7-4-3-5-8-9;1-10(12-2)9(11)8-6-4-3-5-7-8;1-3-2;2*1-2;1-3-2;1-2;/h3-5,7-8H,1H3;3-7H,1-2H3;1H,2H3;2*1-2H3;;1-2H;1H/q;;;;;-1;;. The molecule has 2 aromatic rings. The molecule has 0 radical (unpaired) electrons. The molecule has 9 heteroatoms. The molecule has 2 N–H and O–H groups in total. The van der Waals surface area contributed by atoms with E-state index in [2.05, 4.69) is 61.4 Å². The number of ketones is 1. The largest absolute Gasteiger partial charge is 0.213 e. The molecule has 6 nitrogen and oxygen atoms in total. The van der Waals surface area contributed by atoms with Gasteiger partial charge >= 0.3 is 50.5 Å². The fourth-order valence-electron chi connectivity index (χ4n) is 1.62. The second-order valence-electron chi connectivity index (χ2n) is 4.76. The Kier molecular flexibility index (Phi) is 49.3. The molecule has 2 rings (SSSR count). The van der Waals surface area contributed by atoms with Crippen LogP contribution in [0.4, 0.5) is 0 Å². The van der Waals surface area contributed by atoms with Gasteiger partial charge in [-0.2, -0.15) is 0 Å². The number of Topliss-reactive ketones (excluding diaryl/α,β-unsaturated/α-hetero) is 1. The van der Waals surface area contributed by atoms with Crippen LogP contribution in [0.1, 0.15) is 63.7 Å². The third-order valence-corrected chi connectivity index (χ3v) is 2.86. The Hall–Kier alpha value is -1.55. The molecule has 0 aliphatic heterocycles. The molecule has 0 bridgehead atoms. The van der Waals surface area contributed by atoms with Crippen LogP contribution in [0.15, 0.2) is 60.7 Å². The van der Waals surface area contributed by atoms with Crippen LogP contribution >= 0.6 is 37.2 Å². The first kappa shape index (κ1) is 43.5. The molecule has 198 valence electrons. The zero-order valence-electron chi connectivity index (χ0n) is 21.7. The number of nitrogens with zero attached hydrogens (tertiary/aromatic N) is 1. The van der Waals surface area contributed by atoms with E-state index in [1.165, 1.54) is 12.2 Å². The number of terminal acetylenes is 1. The van der Waals surface area contributed by atoms with E-state index in [1.54, 1.807) is 45.2 Å². The van der Waals surface area contributed by atoms with Crippen molar-refractivity contribution in [2.45, 2.75) is 41.5 Å². The summed E-state index contributed by atoms with van der Waals surface area (Å²) < 4.78 is 0. The third-order valence-electron chi connectivity index (χ3n) is 2.86. The fraction of sp³-hybridized carbons (Fsp3) is 0.308. The first-order valence-corrected chi connectivity index (χ1v) is 22.9. The second-order valence-corrected chi connectivity index (χ2v) is 21.0. The summed E-state index contributed by atoms with van der Waals surface area (Å²) >= 11 is 5.30. The molecule has 0 spiro atoms. The Morgan fingerprint density at radius 1 is 0.914 bits per heavy atom. The second kappa shape index (κ2) is 39.7. The summed E-state index contributed by atoms with van der Waals surface area (Å²) in [6.07, 6.45) is 4.60. The van der Waals surface area contributed by atoms with E-state index in [0.29, 0.717) is 24.4 Å². The molecule has 0 saturated heterocycles. The van der Waals surface area contributed by atoms with Crippen molar-refractivity contribution in [1.82, 2.24) is 5.06 Å². The number of amides is 1. The van der Waals surface area contributed by atoms with Gasteiger partial charge in [0, 0.05) is 19.6 Å². The van der Waals surface area contributed by atoms with Gasteiger partial charge in [-0.1, -0.05) is 82.1 Å². The number of rotatable bonds is 3. The Labute approximate surface area is 243 Å². The van der Waals surface area contributed by atoms with Crippen LogP contribution in [0, 0.1) is 35.2 Å². The number of halogens is 3. The molecule has 2 aromatic carbocycles. The summed E-state index contributed by atoms with van der Waals surface area (Å²) in [5.41, 5.74) is 11.3. The molecule has 0 saturated carbocycles. The van der Waals surface area contributed by atoms with E-state index in [4.69, 9.17) is 15.9 Å². The maximum Gasteiger partial charge on any atom is 0 e. The predicted molar refractivity (Wildman–Crippen MR) is 163 cm³/mol. The molecule has 0 aromatic heterocycles. The number of nitrogens with one attached hydrogen (secondary N) is 2. The molecule has 0 aliphatic carbocycles. The van der Waals surface area contributed by atoms with Crippen molar-refractivity contribution in [2.24, 2.45) is 0 Å². The summed E-state index contributed by atoms with van der Waals surface area (Å²) in [6, 6.07) is 18.0.